The maximum absolute atomic E-state index is 10.5. The summed E-state index contributed by atoms with van der Waals surface area (Å²) in [7, 11) is 1.46. The van der Waals surface area contributed by atoms with Gasteiger partial charge >= 0.3 is 0 Å². The summed E-state index contributed by atoms with van der Waals surface area (Å²) >= 11 is 0. The zero-order valence-corrected chi connectivity index (χ0v) is 7.15. The molecule has 0 radical (unpaired) electrons. The van der Waals surface area contributed by atoms with E-state index >= 15 is 0 Å². The summed E-state index contributed by atoms with van der Waals surface area (Å²) in [4.78, 5) is 14.3. The van der Waals surface area contributed by atoms with Crippen molar-refractivity contribution in [2.45, 2.75) is 6.42 Å². The maximum atomic E-state index is 10.5. The van der Waals surface area contributed by atoms with Gasteiger partial charge in [-0.15, -0.1) is 0 Å². The molecule has 0 saturated carbocycles. The number of rotatable bonds is 3. The van der Waals surface area contributed by atoms with Crippen molar-refractivity contribution in [3.05, 3.63) is 18.0 Å². The van der Waals surface area contributed by atoms with Crippen LogP contribution < -0.4 is 10.5 Å². The average molecular weight is 182 g/mol. The fraction of sp³-hybridized carbons (Fsp3) is 0.250. The number of primary amides is 1. The number of amides is 1. The van der Waals surface area contributed by atoms with Crippen molar-refractivity contribution in [3.63, 3.8) is 0 Å². The van der Waals surface area contributed by atoms with Crippen LogP contribution in [0.4, 0.5) is 0 Å². The van der Waals surface area contributed by atoms with Gasteiger partial charge in [0.1, 0.15) is 11.5 Å². The van der Waals surface area contributed by atoms with Crippen LogP contribution >= 0.6 is 0 Å². The lowest BCUT2D eigenvalue weighted by Crippen LogP contribution is -2.14. The summed E-state index contributed by atoms with van der Waals surface area (Å²) < 4.78 is 4.82. The van der Waals surface area contributed by atoms with Gasteiger partial charge in [0.05, 0.1) is 25.4 Å². The number of nitrogens with two attached hydrogens (primary N) is 1. The van der Waals surface area contributed by atoms with Gasteiger partial charge in [0.2, 0.25) is 5.91 Å². The van der Waals surface area contributed by atoms with Gasteiger partial charge in [0.15, 0.2) is 0 Å². The average Bonchev–Trinajstić information content (AvgIpc) is 2.08. The molecule has 1 amide bonds. The molecule has 5 nitrogen and oxygen atoms in total. The molecule has 0 saturated heterocycles. The van der Waals surface area contributed by atoms with Crippen LogP contribution in [0, 0.1) is 0 Å². The predicted molar refractivity (Wildman–Crippen MR) is 45.4 cm³/mol. The van der Waals surface area contributed by atoms with Crippen LogP contribution in [-0.2, 0) is 11.2 Å². The molecule has 0 atom stereocenters. The van der Waals surface area contributed by atoms with Crippen molar-refractivity contribution in [1.29, 1.82) is 0 Å². The van der Waals surface area contributed by atoms with Crippen molar-refractivity contribution in [2.24, 2.45) is 5.73 Å². The number of nitrogens with zero attached hydrogens (tertiary/aromatic N) is 1. The topological polar surface area (TPSA) is 85.4 Å². The van der Waals surface area contributed by atoms with Crippen molar-refractivity contribution >= 4 is 5.91 Å². The minimum atomic E-state index is -0.534. The Morgan fingerprint density at radius 3 is 2.92 bits per heavy atom. The highest BCUT2D eigenvalue weighted by atomic mass is 16.5. The van der Waals surface area contributed by atoms with E-state index in [4.69, 9.17) is 10.5 Å². The van der Waals surface area contributed by atoms with Crippen LogP contribution in [0.5, 0.6) is 11.5 Å². The van der Waals surface area contributed by atoms with E-state index in [0.29, 0.717) is 5.75 Å². The molecule has 1 rings (SSSR count). The molecule has 13 heavy (non-hydrogen) atoms. The second-order valence-electron chi connectivity index (χ2n) is 2.48. The third-order valence-corrected chi connectivity index (χ3v) is 1.50. The summed E-state index contributed by atoms with van der Waals surface area (Å²) in [5, 5.41) is 9.32. The molecule has 1 aromatic heterocycles. The summed E-state index contributed by atoms with van der Waals surface area (Å²) in [5.41, 5.74) is 5.20. The fourth-order valence-electron chi connectivity index (χ4n) is 0.876. The smallest absolute Gasteiger partial charge is 0.223 e. The second-order valence-corrected chi connectivity index (χ2v) is 2.48. The maximum Gasteiger partial charge on any atom is 0.223 e. The third-order valence-electron chi connectivity index (χ3n) is 1.50. The van der Waals surface area contributed by atoms with Crippen molar-refractivity contribution in [3.8, 4) is 11.5 Å². The van der Waals surface area contributed by atoms with E-state index in [0.717, 1.165) is 0 Å². The minimum Gasteiger partial charge on any atom is -0.506 e. The summed E-state index contributed by atoms with van der Waals surface area (Å²) in [6, 6.07) is 1.38. The second kappa shape index (κ2) is 3.75. The standard InChI is InChI=1S/C8H10N2O3/c1-13-5-2-7(11)6(10-4-5)3-8(9)12/h2,4,11H,3H2,1H3,(H2,9,12). The van der Waals surface area contributed by atoms with Crippen LogP contribution in [0.1, 0.15) is 5.69 Å². The Kier molecular flexibility index (Phi) is 2.69. The Morgan fingerprint density at radius 2 is 2.46 bits per heavy atom. The molecule has 0 aromatic carbocycles. The number of carbonyl (C=O) groups is 1. The molecule has 0 unspecified atom stereocenters. The van der Waals surface area contributed by atoms with Crippen molar-refractivity contribution in [1.82, 2.24) is 4.98 Å². The van der Waals surface area contributed by atoms with Gasteiger partial charge in [-0.25, -0.2) is 0 Å². The van der Waals surface area contributed by atoms with Crippen molar-refractivity contribution < 1.29 is 14.6 Å². The first kappa shape index (κ1) is 9.31. The quantitative estimate of drug-likeness (QED) is 0.679. The lowest BCUT2D eigenvalue weighted by atomic mass is 10.2. The Balaban J connectivity index is 2.91. The van der Waals surface area contributed by atoms with E-state index < -0.39 is 5.91 Å². The Labute approximate surface area is 75.2 Å². The van der Waals surface area contributed by atoms with Crippen LogP contribution in [0.3, 0.4) is 0 Å². The number of hydrogen-bond donors (Lipinski definition) is 2. The van der Waals surface area contributed by atoms with Crippen LogP contribution in [0.15, 0.2) is 12.3 Å². The molecule has 3 N–H and O–H groups in total. The Bertz CT molecular complexity index is 325. The molecule has 0 fully saturated rings. The predicted octanol–water partition coefficient (Wildman–Crippen LogP) is -0.176. The number of carbonyl (C=O) groups excluding carboxylic acids is 1. The zero-order chi connectivity index (χ0) is 9.84. The van der Waals surface area contributed by atoms with Crippen molar-refractivity contribution in [2.75, 3.05) is 7.11 Å². The molecule has 1 aromatic rings. The SMILES string of the molecule is COc1cnc(CC(N)=O)c(O)c1. The fourth-order valence-corrected chi connectivity index (χ4v) is 0.876. The highest BCUT2D eigenvalue weighted by Crippen LogP contribution is 2.20. The van der Waals surface area contributed by atoms with E-state index in [2.05, 4.69) is 4.98 Å². The molecule has 0 aliphatic heterocycles. The normalized spacial score (nSPS) is 9.62. The monoisotopic (exact) mass is 182 g/mol. The highest BCUT2D eigenvalue weighted by Gasteiger charge is 2.07. The first-order valence-corrected chi connectivity index (χ1v) is 3.63. The summed E-state index contributed by atoms with van der Waals surface area (Å²) in [5.74, 6) is -0.183. The van der Waals surface area contributed by atoms with Crippen LogP contribution in [0.25, 0.3) is 0 Å². The zero-order valence-electron chi connectivity index (χ0n) is 7.15. The van der Waals surface area contributed by atoms with Gasteiger partial charge in [-0.2, -0.15) is 0 Å². The summed E-state index contributed by atoms with van der Waals surface area (Å²) in [6.45, 7) is 0. The molecule has 1 heterocycles. The Hall–Kier alpha value is -1.78. The van der Waals surface area contributed by atoms with Crippen LogP contribution in [-0.4, -0.2) is 23.1 Å². The molecular formula is C8H10N2O3. The summed E-state index contributed by atoms with van der Waals surface area (Å²) in [6.07, 6.45) is 1.34. The Morgan fingerprint density at radius 1 is 1.77 bits per heavy atom. The lowest BCUT2D eigenvalue weighted by Gasteiger charge is -2.03. The number of pyridine rings is 1. The largest absolute Gasteiger partial charge is 0.506 e. The first-order valence-electron chi connectivity index (χ1n) is 3.63. The molecule has 0 spiro atoms. The molecule has 70 valence electrons. The highest BCUT2D eigenvalue weighted by molar-refractivity contribution is 5.76. The first-order chi connectivity index (χ1) is 6.13. The molecule has 5 heteroatoms. The molecule has 0 bridgehead atoms. The number of aromatic hydroxyl groups is 1. The number of methoxy groups -OCH3 is 1. The van der Waals surface area contributed by atoms with Gasteiger partial charge in [0, 0.05) is 6.07 Å². The lowest BCUT2D eigenvalue weighted by molar-refractivity contribution is -0.117. The van der Waals surface area contributed by atoms with E-state index in [1.807, 2.05) is 0 Å². The number of aromatic nitrogens is 1. The van der Waals surface area contributed by atoms with Gasteiger partial charge < -0.3 is 15.6 Å². The minimum absolute atomic E-state index is 0.0736. The molecular weight excluding hydrogens is 172 g/mol. The van der Waals surface area contributed by atoms with Gasteiger partial charge in [-0.3, -0.25) is 9.78 Å². The van der Waals surface area contributed by atoms with E-state index in [1.165, 1.54) is 19.4 Å². The van der Waals surface area contributed by atoms with Gasteiger partial charge in [-0.05, 0) is 0 Å². The van der Waals surface area contributed by atoms with E-state index in [9.17, 15) is 9.90 Å². The van der Waals surface area contributed by atoms with Gasteiger partial charge in [0.25, 0.3) is 0 Å². The molecule has 0 aliphatic rings. The van der Waals surface area contributed by atoms with E-state index in [-0.39, 0.29) is 17.9 Å². The molecule has 0 aliphatic carbocycles. The van der Waals surface area contributed by atoms with E-state index in [1.54, 1.807) is 0 Å². The third kappa shape index (κ3) is 2.33. The number of hydrogen-bond acceptors (Lipinski definition) is 4. The van der Waals surface area contributed by atoms with Gasteiger partial charge in [-0.1, -0.05) is 0 Å². The van der Waals surface area contributed by atoms with Crippen LogP contribution in [0.2, 0.25) is 0 Å². The number of ether oxygens (including phenoxy) is 1.